The lowest BCUT2D eigenvalue weighted by Crippen LogP contribution is -2.12. The predicted octanol–water partition coefficient (Wildman–Crippen LogP) is 17.3. The van der Waals surface area contributed by atoms with E-state index in [0.717, 1.165) is 17.7 Å². The molecule has 0 aliphatic carbocycles. The first-order valence-electron chi connectivity index (χ1n) is 21.0. The van der Waals surface area contributed by atoms with Crippen molar-refractivity contribution in [3.63, 3.8) is 0 Å². The minimum atomic E-state index is 0.428. The molecular weight excluding hydrogens is 731 g/mol. The van der Waals surface area contributed by atoms with Gasteiger partial charge in [0, 0.05) is 20.7 Å². The number of hydrogen-bond acceptors (Lipinski definition) is 2. The van der Waals surface area contributed by atoms with Gasteiger partial charge in [0.1, 0.15) is 0 Å². The molecule has 7 aromatic carbocycles. The van der Waals surface area contributed by atoms with Crippen molar-refractivity contribution < 1.29 is 0 Å². The van der Waals surface area contributed by atoms with Crippen molar-refractivity contribution in [1.29, 1.82) is 0 Å². The highest BCUT2D eigenvalue weighted by Gasteiger charge is 2.21. The summed E-state index contributed by atoms with van der Waals surface area (Å²) in [5.74, 6) is 0.885. The molecule has 0 aliphatic heterocycles. The minimum absolute atomic E-state index is 0.428. The average molecular weight is 790 g/mol. The maximum absolute atomic E-state index is 5.11. The van der Waals surface area contributed by atoms with Crippen LogP contribution in [-0.4, -0.2) is 5.71 Å². The fourth-order valence-corrected chi connectivity index (χ4v) is 8.99. The van der Waals surface area contributed by atoms with Crippen molar-refractivity contribution in [2.75, 3.05) is 0 Å². The number of rotatable bonds is 8. The van der Waals surface area contributed by atoms with Gasteiger partial charge in [-0.1, -0.05) is 203 Å². The van der Waals surface area contributed by atoms with Crippen LogP contribution in [0.5, 0.6) is 0 Å². The molecular formula is C57H59NS. The first-order valence-corrected chi connectivity index (χ1v) is 21.8. The highest BCUT2D eigenvalue weighted by molar-refractivity contribution is 7.22. The Morgan fingerprint density at radius 2 is 1.05 bits per heavy atom. The molecule has 298 valence electrons. The number of hydrogen-bond donors (Lipinski definition) is 0. The van der Waals surface area contributed by atoms with E-state index in [4.69, 9.17) is 4.99 Å². The second kappa shape index (κ2) is 19.7. The normalized spacial score (nSPS) is 11.8. The quantitative estimate of drug-likeness (QED) is 0.107. The first-order chi connectivity index (χ1) is 28.5. The smallest absolute Gasteiger partial charge is 0.0692 e. The first kappa shape index (κ1) is 42.8. The Kier molecular flexibility index (Phi) is 14.3. The lowest BCUT2D eigenvalue weighted by atomic mass is 9.85. The summed E-state index contributed by atoms with van der Waals surface area (Å²) in [6, 6.07) is 55.9. The van der Waals surface area contributed by atoms with Crippen molar-refractivity contribution in [2.24, 2.45) is 10.9 Å². The standard InChI is InChI=1S/C26H22S.C22H27N.C9H10/c1-16(2)24-21-13-6-4-11-19(21)20-12-5-7-14-22(20)25(24)26-17(3)18-10-8-9-15-23(18)27-26;1-6-18(5)22(19-10-8-7-9-11-19)23-21(16(2)3)20-14-12-17(4)13-15-20;1-8(2)9-6-4-3-5-7-9/h4-16H,1-3H3;7-15,18H,6H2,1-5H3;3-7H,1H2,2H3. The van der Waals surface area contributed by atoms with Crippen LogP contribution in [0.1, 0.15) is 94.2 Å². The van der Waals surface area contributed by atoms with Crippen molar-refractivity contribution in [1.82, 2.24) is 0 Å². The van der Waals surface area contributed by atoms with Crippen LogP contribution in [-0.2, 0) is 0 Å². The van der Waals surface area contributed by atoms with E-state index in [0.29, 0.717) is 11.8 Å². The van der Waals surface area contributed by atoms with Gasteiger partial charge in [0.2, 0.25) is 0 Å². The largest absolute Gasteiger partial charge is 0.252 e. The van der Waals surface area contributed by atoms with Gasteiger partial charge in [0.25, 0.3) is 0 Å². The average Bonchev–Trinajstić information content (AvgIpc) is 3.60. The molecule has 59 heavy (non-hydrogen) atoms. The molecule has 1 heterocycles. The summed E-state index contributed by atoms with van der Waals surface area (Å²) in [5, 5.41) is 6.85. The maximum atomic E-state index is 5.11. The highest BCUT2D eigenvalue weighted by atomic mass is 32.1. The number of benzene rings is 7. The molecule has 8 aromatic rings. The van der Waals surface area contributed by atoms with Gasteiger partial charge in [0.05, 0.1) is 11.4 Å². The van der Waals surface area contributed by atoms with Crippen LogP contribution in [0.3, 0.4) is 0 Å². The number of fused-ring (bicyclic) bond motifs is 4. The van der Waals surface area contributed by atoms with Crippen molar-refractivity contribution in [3.8, 4) is 10.4 Å². The topological polar surface area (TPSA) is 12.4 Å². The summed E-state index contributed by atoms with van der Waals surface area (Å²) < 4.78 is 1.37. The van der Waals surface area contributed by atoms with Gasteiger partial charge in [0.15, 0.2) is 0 Å². The van der Waals surface area contributed by atoms with Gasteiger partial charge >= 0.3 is 0 Å². The van der Waals surface area contributed by atoms with Crippen molar-refractivity contribution >= 4 is 59.9 Å². The maximum Gasteiger partial charge on any atom is 0.0692 e. The zero-order valence-electron chi connectivity index (χ0n) is 36.4. The molecule has 0 saturated heterocycles. The van der Waals surface area contributed by atoms with Crippen LogP contribution in [0.25, 0.3) is 53.3 Å². The molecule has 0 amide bonds. The molecule has 0 radical (unpaired) electrons. The van der Waals surface area contributed by atoms with Gasteiger partial charge in [-0.2, -0.15) is 0 Å². The third-order valence-electron chi connectivity index (χ3n) is 11.1. The van der Waals surface area contributed by atoms with Crippen LogP contribution in [0.2, 0.25) is 0 Å². The molecule has 2 heteroatoms. The molecule has 8 rings (SSSR count). The van der Waals surface area contributed by atoms with Gasteiger partial charge in [-0.15, -0.1) is 11.3 Å². The molecule has 1 unspecified atom stereocenters. The number of nitrogens with zero attached hydrogens (tertiary/aromatic N) is 1. The van der Waals surface area contributed by atoms with Gasteiger partial charge in [-0.05, 0) is 108 Å². The third kappa shape index (κ3) is 9.90. The minimum Gasteiger partial charge on any atom is -0.252 e. The zero-order valence-corrected chi connectivity index (χ0v) is 37.3. The number of aryl methyl sites for hydroxylation is 2. The summed E-state index contributed by atoms with van der Waals surface area (Å²) in [5.41, 5.74) is 13.8. The summed E-state index contributed by atoms with van der Waals surface area (Å²) in [4.78, 5) is 6.53. The molecule has 0 saturated carbocycles. The van der Waals surface area contributed by atoms with Crippen LogP contribution >= 0.6 is 11.3 Å². The fourth-order valence-electron chi connectivity index (χ4n) is 7.71. The fraction of sp³-hybridized carbons (Fsp3) is 0.211. The molecule has 1 nitrogen and oxygen atoms in total. The summed E-state index contributed by atoms with van der Waals surface area (Å²) >= 11 is 1.93. The monoisotopic (exact) mass is 789 g/mol. The lowest BCUT2D eigenvalue weighted by Gasteiger charge is -2.20. The van der Waals surface area contributed by atoms with E-state index in [1.165, 1.54) is 86.7 Å². The van der Waals surface area contributed by atoms with E-state index >= 15 is 0 Å². The summed E-state index contributed by atoms with van der Waals surface area (Å²) in [7, 11) is 0. The highest BCUT2D eigenvalue weighted by Crippen LogP contribution is 2.47. The molecule has 0 fully saturated rings. The number of allylic oxidation sites excluding steroid dienone is 2. The third-order valence-corrected chi connectivity index (χ3v) is 12.4. The van der Waals surface area contributed by atoms with E-state index < -0.39 is 0 Å². The molecule has 0 bridgehead atoms. The van der Waals surface area contributed by atoms with E-state index in [1.54, 1.807) is 0 Å². The van der Waals surface area contributed by atoms with Crippen LogP contribution in [0, 0.1) is 19.8 Å². The summed E-state index contributed by atoms with van der Waals surface area (Å²) in [6.07, 6.45) is 1.08. The second-order valence-electron chi connectivity index (χ2n) is 16.1. The number of aliphatic imine (C=N–C) groups is 1. The van der Waals surface area contributed by atoms with E-state index in [-0.39, 0.29) is 0 Å². The van der Waals surface area contributed by atoms with Crippen LogP contribution in [0.4, 0.5) is 0 Å². The van der Waals surface area contributed by atoms with Gasteiger partial charge in [-0.25, -0.2) is 0 Å². The Balaban J connectivity index is 0.000000166. The molecule has 0 spiro atoms. The Hall–Kier alpha value is -5.83. The predicted molar refractivity (Wildman–Crippen MR) is 264 cm³/mol. The second-order valence-corrected chi connectivity index (χ2v) is 17.2. The van der Waals surface area contributed by atoms with Crippen molar-refractivity contribution in [3.05, 3.63) is 203 Å². The molecule has 1 aromatic heterocycles. The van der Waals surface area contributed by atoms with E-state index in [9.17, 15) is 0 Å². The van der Waals surface area contributed by atoms with E-state index in [1.807, 2.05) is 36.5 Å². The van der Waals surface area contributed by atoms with E-state index in [2.05, 4.69) is 201 Å². The van der Waals surface area contributed by atoms with Crippen LogP contribution in [0.15, 0.2) is 175 Å². The Morgan fingerprint density at radius 3 is 1.56 bits per heavy atom. The van der Waals surface area contributed by atoms with Gasteiger partial charge in [-0.3, -0.25) is 4.99 Å². The Bertz CT molecular complexity index is 2720. The Morgan fingerprint density at radius 1 is 0.559 bits per heavy atom. The SMILES string of the molecule is C=C(C)c1ccccc1.CCC(C)C(=NC(=C(C)C)c1ccc(C)cc1)c1ccccc1.Cc1c(-c2c(C(C)C)c3ccccc3c3ccccc23)sc2ccccc12. The van der Waals surface area contributed by atoms with Crippen LogP contribution < -0.4 is 0 Å². The molecule has 1 atom stereocenters. The van der Waals surface area contributed by atoms with Crippen molar-refractivity contribution in [2.45, 2.75) is 74.7 Å². The number of thiophene rings is 1. The molecule has 0 N–H and O–H groups in total. The summed E-state index contributed by atoms with van der Waals surface area (Å²) in [6.45, 7) is 23.6. The lowest BCUT2D eigenvalue weighted by molar-refractivity contribution is 0.740. The Labute approximate surface area is 357 Å². The molecule has 0 aliphatic rings. The van der Waals surface area contributed by atoms with Gasteiger partial charge < -0.3 is 0 Å². The zero-order chi connectivity index (χ0) is 42.1.